The van der Waals surface area contributed by atoms with Crippen molar-refractivity contribution in [2.75, 3.05) is 0 Å². The summed E-state index contributed by atoms with van der Waals surface area (Å²) in [4.78, 5) is 0. The Morgan fingerprint density at radius 3 is 2.67 bits per heavy atom. The molecule has 21 heavy (non-hydrogen) atoms. The molecule has 1 aliphatic carbocycles. The lowest BCUT2D eigenvalue weighted by atomic mass is 10.1. The van der Waals surface area contributed by atoms with Gasteiger partial charge in [0, 0.05) is 5.56 Å². The van der Waals surface area contributed by atoms with Crippen molar-refractivity contribution >= 4 is 0 Å². The van der Waals surface area contributed by atoms with E-state index >= 15 is 0 Å². The van der Waals surface area contributed by atoms with Crippen LogP contribution in [0, 0.1) is 11.3 Å². The van der Waals surface area contributed by atoms with Gasteiger partial charge in [-0.3, -0.25) is 9.78 Å². The van der Waals surface area contributed by atoms with E-state index < -0.39 is 0 Å². The monoisotopic (exact) mass is 277 g/mol. The molecule has 1 heterocycles. The lowest BCUT2D eigenvalue weighted by Gasteiger charge is -2.05. The Morgan fingerprint density at radius 1 is 1.14 bits per heavy atom. The first-order chi connectivity index (χ1) is 10.3. The van der Waals surface area contributed by atoms with Crippen molar-refractivity contribution in [3.8, 4) is 17.3 Å². The Balaban J connectivity index is 1.95. The summed E-state index contributed by atoms with van der Waals surface area (Å²) in [6, 6.07) is 16.9. The number of rotatable bonds is 5. The molecule has 0 aromatic heterocycles. The Morgan fingerprint density at radius 2 is 1.95 bits per heavy atom. The van der Waals surface area contributed by atoms with Crippen LogP contribution in [0.4, 0.5) is 0 Å². The molecule has 3 nitrogen and oxygen atoms in total. The lowest BCUT2D eigenvalue weighted by Crippen LogP contribution is -2.02. The number of hydrogen-bond donors (Lipinski definition) is 1. The van der Waals surface area contributed by atoms with E-state index in [-0.39, 0.29) is 0 Å². The van der Waals surface area contributed by atoms with Crippen LogP contribution < -0.4 is 0 Å². The molecular formula is C18H19N3. The quantitative estimate of drug-likeness (QED) is 0.747. The average Bonchev–Trinajstić information content (AvgIpc) is 3.06. The molecule has 2 aliphatic rings. The van der Waals surface area contributed by atoms with Crippen molar-refractivity contribution in [3.63, 3.8) is 0 Å². The van der Waals surface area contributed by atoms with Gasteiger partial charge in [-0.15, -0.1) is 0 Å². The first-order valence-electron chi connectivity index (χ1n) is 7.47. The van der Waals surface area contributed by atoms with E-state index in [0.29, 0.717) is 5.69 Å². The van der Waals surface area contributed by atoms with Crippen LogP contribution in [0.1, 0.15) is 36.6 Å². The number of nitriles is 1. The number of nitrogens with zero attached hydrogens (tertiary/aromatic N) is 2. The summed E-state index contributed by atoms with van der Waals surface area (Å²) in [5.74, 6) is 0. The predicted octanol–water partition coefficient (Wildman–Crippen LogP) is 4.18. The molecule has 0 atom stereocenters. The van der Waals surface area contributed by atoms with Gasteiger partial charge in [0.15, 0.2) is 0 Å². The van der Waals surface area contributed by atoms with Crippen LogP contribution in [0.2, 0.25) is 0 Å². The Kier molecular flexibility index (Phi) is 3.79. The van der Waals surface area contributed by atoms with E-state index in [1.807, 2.05) is 18.2 Å². The smallest absolute Gasteiger partial charge is 0.141 e. The summed E-state index contributed by atoms with van der Waals surface area (Å²) in [6.45, 7) is 2.96. The molecule has 0 saturated heterocycles. The number of benzene rings is 1. The Hall–Kier alpha value is -2.47. The van der Waals surface area contributed by atoms with Gasteiger partial charge >= 0.3 is 0 Å². The van der Waals surface area contributed by atoms with E-state index in [1.54, 1.807) is 0 Å². The third-order valence-corrected chi connectivity index (χ3v) is 3.85. The average molecular weight is 277 g/mol. The van der Waals surface area contributed by atoms with Crippen molar-refractivity contribution in [3.05, 3.63) is 59.3 Å². The van der Waals surface area contributed by atoms with E-state index in [4.69, 9.17) is 0 Å². The maximum absolute atomic E-state index is 9.31. The van der Waals surface area contributed by atoms with Gasteiger partial charge in [-0.2, -0.15) is 5.26 Å². The molecule has 0 radical (unpaired) electrons. The molecule has 3 heteroatoms. The van der Waals surface area contributed by atoms with Crippen LogP contribution in [0.5, 0.6) is 0 Å². The SMILES string of the molecule is CCCCc1cc2c(C#N)[nH]n(Cc3ccccc3)c-2c1. The number of unbranched alkanes of at least 4 members (excludes halogenated alkanes) is 1. The van der Waals surface area contributed by atoms with Crippen LogP contribution in [0.15, 0.2) is 42.5 Å². The first kappa shape index (κ1) is 13.5. The fraction of sp³-hybridized carbons (Fsp3) is 0.278. The van der Waals surface area contributed by atoms with E-state index in [1.165, 1.54) is 24.0 Å². The first-order valence-corrected chi connectivity index (χ1v) is 7.47. The second kappa shape index (κ2) is 5.88. The van der Waals surface area contributed by atoms with Crippen molar-refractivity contribution in [2.45, 2.75) is 32.7 Å². The molecule has 1 N–H and O–H groups in total. The second-order valence-electron chi connectivity index (χ2n) is 5.44. The highest BCUT2D eigenvalue weighted by Gasteiger charge is 2.18. The molecule has 0 spiro atoms. The number of aromatic nitrogens is 2. The topological polar surface area (TPSA) is 44.5 Å². The minimum atomic E-state index is 0.656. The standard InChI is InChI=1S/C18H19N3/c1-2-3-7-15-10-16-17(12-19)20-21(18(16)11-15)13-14-8-5-4-6-9-14/h4-6,8-11,20H,2-3,7,13H2,1H3. The molecular weight excluding hydrogens is 258 g/mol. The van der Waals surface area contributed by atoms with Gasteiger partial charge in [0.1, 0.15) is 11.8 Å². The summed E-state index contributed by atoms with van der Waals surface area (Å²) in [5, 5.41) is 12.5. The van der Waals surface area contributed by atoms with Crippen LogP contribution in [-0.2, 0) is 13.0 Å². The highest BCUT2D eigenvalue weighted by Crippen LogP contribution is 2.30. The maximum Gasteiger partial charge on any atom is 0.141 e. The molecule has 0 bridgehead atoms. The fourth-order valence-corrected chi connectivity index (χ4v) is 2.73. The van der Waals surface area contributed by atoms with E-state index in [9.17, 15) is 5.26 Å². The number of aryl methyl sites for hydroxylation is 1. The molecule has 1 aromatic rings. The molecule has 0 saturated carbocycles. The van der Waals surface area contributed by atoms with Crippen molar-refractivity contribution in [2.24, 2.45) is 0 Å². The molecule has 0 fully saturated rings. The van der Waals surface area contributed by atoms with Gasteiger partial charge in [0.05, 0.1) is 12.2 Å². The van der Waals surface area contributed by atoms with Gasteiger partial charge in [0.2, 0.25) is 0 Å². The lowest BCUT2D eigenvalue weighted by molar-refractivity contribution is 0.693. The van der Waals surface area contributed by atoms with Crippen molar-refractivity contribution < 1.29 is 0 Å². The molecule has 106 valence electrons. The van der Waals surface area contributed by atoms with Crippen LogP contribution in [0.3, 0.4) is 0 Å². The highest BCUT2D eigenvalue weighted by atomic mass is 15.3. The van der Waals surface area contributed by atoms with Crippen LogP contribution in [0.25, 0.3) is 11.3 Å². The largest absolute Gasteiger partial charge is 0.287 e. The molecule has 0 unspecified atom stereocenters. The normalized spacial score (nSPS) is 10.9. The summed E-state index contributed by atoms with van der Waals surface area (Å²) < 4.78 is 2.07. The molecule has 1 aliphatic heterocycles. The van der Waals surface area contributed by atoms with Gasteiger partial charge in [-0.1, -0.05) is 43.7 Å². The van der Waals surface area contributed by atoms with Crippen molar-refractivity contribution in [1.29, 1.82) is 5.26 Å². The number of nitrogens with one attached hydrogen (secondary N) is 1. The predicted molar refractivity (Wildman–Crippen MR) is 84.3 cm³/mol. The van der Waals surface area contributed by atoms with E-state index in [0.717, 1.165) is 24.2 Å². The van der Waals surface area contributed by atoms with Crippen LogP contribution >= 0.6 is 0 Å². The van der Waals surface area contributed by atoms with Crippen molar-refractivity contribution in [1.82, 2.24) is 9.78 Å². The maximum atomic E-state index is 9.31. The zero-order valence-corrected chi connectivity index (χ0v) is 12.3. The Bertz CT molecular complexity index is 728. The number of H-pyrrole nitrogens is 1. The van der Waals surface area contributed by atoms with Gasteiger partial charge in [-0.25, -0.2) is 0 Å². The third kappa shape index (κ3) is 2.71. The van der Waals surface area contributed by atoms with Gasteiger partial charge in [0.25, 0.3) is 0 Å². The fourth-order valence-electron chi connectivity index (χ4n) is 2.73. The summed E-state index contributed by atoms with van der Waals surface area (Å²) in [5.41, 5.74) is 5.38. The number of fused-ring (bicyclic) bond motifs is 1. The minimum Gasteiger partial charge on any atom is -0.287 e. The minimum absolute atomic E-state index is 0.656. The zero-order chi connectivity index (χ0) is 14.7. The summed E-state index contributed by atoms with van der Waals surface area (Å²) >= 11 is 0. The number of aromatic amines is 1. The molecule has 1 aromatic carbocycles. The molecule has 3 rings (SSSR count). The summed E-state index contributed by atoms with van der Waals surface area (Å²) in [7, 11) is 0. The molecule has 0 amide bonds. The zero-order valence-electron chi connectivity index (χ0n) is 12.3. The highest BCUT2D eigenvalue weighted by molar-refractivity contribution is 5.71. The Labute approximate surface area is 125 Å². The number of hydrogen-bond acceptors (Lipinski definition) is 1. The third-order valence-electron chi connectivity index (χ3n) is 3.85. The van der Waals surface area contributed by atoms with Crippen LogP contribution in [-0.4, -0.2) is 9.78 Å². The summed E-state index contributed by atoms with van der Waals surface area (Å²) in [6.07, 6.45) is 3.47. The van der Waals surface area contributed by atoms with E-state index in [2.05, 4.69) is 47.0 Å². The van der Waals surface area contributed by atoms with Gasteiger partial charge in [-0.05, 0) is 36.1 Å². The second-order valence-corrected chi connectivity index (χ2v) is 5.44. The van der Waals surface area contributed by atoms with Gasteiger partial charge < -0.3 is 0 Å².